The molecule has 5 heteroatoms. The Hall–Kier alpha value is -7.86. The van der Waals surface area contributed by atoms with E-state index in [2.05, 4.69) is 159 Å². The molecule has 0 aliphatic rings. The van der Waals surface area contributed by atoms with Gasteiger partial charge in [0.1, 0.15) is 0 Å². The summed E-state index contributed by atoms with van der Waals surface area (Å²) in [5.41, 5.74) is 12.9. The van der Waals surface area contributed by atoms with Crippen molar-refractivity contribution in [3.05, 3.63) is 187 Å². The second-order valence-corrected chi connectivity index (χ2v) is 14.0. The molecule has 0 saturated heterocycles. The number of hydrogen-bond acceptors (Lipinski definition) is 2. The number of hydrogen-bond donors (Lipinski definition) is 0. The summed E-state index contributed by atoms with van der Waals surface area (Å²) in [4.78, 5) is 0. The lowest BCUT2D eigenvalue weighted by Crippen LogP contribution is -1.99. The first-order valence-corrected chi connectivity index (χ1v) is 18.3. The Balaban J connectivity index is 1.08. The van der Waals surface area contributed by atoms with Crippen LogP contribution in [-0.2, 0) is 0 Å². The van der Waals surface area contributed by atoms with Crippen LogP contribution in [0, 0.1) is 22.7 Å². The van der Waals surface area contributed by atoms with Crippen molar-refractivity contribution in [2.45, 2.75) is 0 Å². The highest BCUT2D eigenvalue weighted by Crippen LogP contribution is 2.40. The van der Waals surface area contributed by atoms with Crippen LogP contribution in [0.2, 0.25) is 0 Å². The normalized spacial score (nSPS) is 11.6. The monoisotopic (exact) mass is 699 g/mol. The Morgan fingerprint density at radius 2 is 0.891 bits per heavy atom. The fourth-order valence-electron chi connectivity index (χ4n) is 8.77. The first-order valence-electron chi connectivity index (χ1n) is 18.3. The Kier molecular flexibility index (Phi) is 6.61. The van der Waals surface area contributed by atoms with Crippen LogP contribution in [0.4, 0.5) is 0 Å². The number of para-hydroxylation sites is 4. The molecule has 0 aliphatic carbocycles. The highest BCUT2D eigenvalue weighted by molar-refractivity contribution is 6.13. The van der Waals surface area contributed by atoms with E-state index in [1.807, 2.05) is 42.5 Å². The summed E-state index contributed by atoms with van der Waals surface area (Å²) in [5.74, 6) is 0. The van der Waals surface area contributed by atoms with Crippen molar-refractivity contribution >= 4 is 65.4 Å². The first-order chi connectivity index (χ1) is 27.2. The molecule has 0 fully saturated rings. The number of fused-ring (bicyclic) bond motifs is 9. The summed E-state index contributed by atoms with van der Waals surface area (Å²) in [7, 11) is 0. The third kappa shape index (κ3) is 4.45. The Bertz CT molecular complexity index is 3400. The summed E-state index contributed by atoms with van der Waals surface area (Å²) in [6.07, 6.45) is 0. The molecule has 0 aliphatic heterocycles. The molecule has 0 unspecified atom stereocenters. The first kappa shape index (κ1) is 30.7. The molecule has 55 heavy (non-hydrogen) atoms. The molecule has 0 spiro atoms. The molecule has 0 amide bonds. The van der Waals surface area contributed by atoms with Crippen LogP contribution >= 0.6 is 0 Å². The zero-order valence-electron chi connectivity index (χ0n) is 29.5. The molecule has 254 valence electrons. The molecule has 11 rings (SSSR count). The fraction of sp³-hybridized carbons (Fsp3) is 0. The van der Waals surface area contributed by atoms with Crippen molar-refractivity contribution in [1.82, 2.24) is 13.7 Å². The van der Waals surface area contributed by atoms with Crippen LogP contribution in [0.5, 0.6) is 0 Å². The molecule has 0 N–H and O–H groups in total. The molecule has 5 nitrogen and oxygen atoms in total. The highest BCUT2D eigenvalue weighted by atomic mass is 15.0. The van der Waals surface area contributed by atoms with Gasteiger partial charge in [-0.05, 0) is 90.5 Å². The second-order valence-electron chi connectivity index (χ2n) is 14.0. The predicted molar refractivity (Wildman–Crippen MR) is 224 cm³/mol. The van der Waals surface area contributed by atoms with Gasteiger partial charge in [-0.15, -0.1) is 0 Å². The quantitative estimate of drug-likeness (QED) is 0.184. The minimum atomic E-state index is 0.586. The molecule has 3 aromatic heterocycles. The van der Waals surface area contributed by atoms with Crippen molar-refractivity contribution in [1.29, 1.82) is 10.5 Å². The third-order valence-corrected chi connectivity index (χ3v) is 11.1. The summed E-state index contributed by atoms with van der Waals surface area (Å²) in [6.45, 7) is 0. The molecular formula is C50H29N5. The summed E-state index contributed by atoms with van der Waals surface area (Å²) < 4.78 is 6.93. The van der Waals surface area contributed by atoms with Gasteiger partial charge < -0.3 is 13.7 Å². The predicted octanol–water partition coefficient (Wildman–Crippen LogP) is 12.4. The molecule has 0 radical (unpaired) electrons. The average Bonchev–Trinajstić information content (AvgIpc) is 3.89. The lowest BCUT2D eigenvalue weighted by molar-refractivity contribution is 1.16. The minimum absolute atomic E-state index is 0.586. The topological polar surface area (TPSA) is 62.4 Å². The van der Waals surface area contributed by atoms with Gasteiger partial charge in [-0.2, -0.15) is 10.5 Å². The number of aromatic nitrogens is 3. The number of nitriles is 2. The lowest BCUT2D eigenvalue weighted by atomic mass is 10.00. The van der Waals surface area contributed by atoms with Gasteiger partial charge in [-0.1, -0.05) is 91.0 Å². The van der Waals surface area contributed by atoms with E-state index < -0.39 is 0 Å². The summed E-state index contributed by atoms with van der Waals surface area (Å²) >= 11 is 0. The van der Waals surface area contributed by atoms with Crippen LogP contribution in [0.15, 0.2) is 176 Å². The van der Waals surface area contributed by atoms with Crippen LogP contribution in [0.25, 0.3) is 93.6 Å². The van der Waals surface area contributed by atoms with Crippen molar-refractivity contribution in [2.75, 3.05) is 0 Å². The van der Waals surface area contributed by atoms with E-state index in [4.69, 9.17) is 0 Å². The maximum atomic E-state index is 10.0. The van der Waals surface area contributed by atoms with Gasteiger partial charge in [0.2, 0.25) is 0 Å². The summed E-state index contributed by atoms with van der Waals surface area (Å²) in [6, 6.07) is 66.0. The second kappa shape index (κ2) is 11.8. The van der Waals surface area contributed by atoms with E-state index in [-0.39, 0.29) is 0 Å². The SMILES string of the molecule is N#Cc1ccc(-n2c3ccccc3c3c(C#N)cccc32)c(-c2ccc(-n3c4ccccc4c4cc(-n5c6ccccc6c6ccccc65)ccc43)cc2)c1. The van der Waals surface area contributed by atoms with Gasteiger partial charge in [0.25, 0.3) is 0 Å². The van der Waals surface area contributed by atoms with Gasteiger partial charge in [0, 0.05) is 49.3 Å². The third-order valence-electron chi connectivity index (χ3n) is 11.1. The molecule has 11 aromatic rings. The lowest BCUT2D eigenvalue weighted by Gasteiger charge is -2.15. The van der Waals surface area contributed by atoms with Crippen molar-refractivity contribution in [3.63, 3.8) is 0 Å². The van der Waals surface area contributed by atoms with Crippen LogP contribution in [-0.4, -0.2) is 13.7 Å². The van der Waals surface area contributed by atoms with E-state index in [0.717, 1.165) is 61.0 Å². The maximum Gasteiger partial charge on any atom is 0.0998 e. The van der Waals surface area contributed by atoms with Crippen molar-refractivity contribution in [2.24, 2.45) is 0 Å². The van der Waals surface area contributed by atoms with Crippen LogP contribution < -0.4 is 0 Å². The van der Waals surface area contributed by atoms with Gasteiger partial charge in [0.15, 0.2) is 0 Å². The zero-order chi connectivity index (χ0) is 36.6. The van der Waals surface area contributed by atoms with E-state index in [1.165, 1.54) is 32.6 Å². The molecule has 8 aromatic carbocycles. The highest BCUT2D eigenvalue weighted by Gasteiger charge is 2.20. The molecule has 0 bridgehead atoms. The van der Waals surface area contributed by atoms with Gasteiger partial charge >= 0.3 is 0 Å². The molecular weight excluding hydrogens is 671 g/mol. The molecule has 0 saturated carbocycles. The largest absolute Gasteiger partial charge is 0.309 e. The zero-order valence-corrected chi connectivity index (χ0v) is 29.5. The fourth-order valence-corrected chi connectivity index (χ4v) is 8.77. The summed E-state index contributed by atoms with van der Waals surface area (Å²) in [5, 5.41) is 26.9. The van der Waals surface area contributed by atoms with Gasteiger partial charge in [0.05, 0.1) is 62.1 Å². The Morgan fingerprint density at radius 1 is 0.364 bits per heavy atom. The minimum Gasteiger partial charge on any atom is -0.309 e. The number of benzene rings is 8. The van der Waals surface area contributed by atoms with Crippen LogP contribution in [0.3, 0.4) is 0 Å². The molecule has 0 atom stereocenters. The number of rotatable bonds is 4. The van der Waals surface area contributed by atoms with Crippen molar-refractivity contribution < 1.29 is 0 Å². The van der Waals surface area contributed by atoms with Gasteiger partial charge in [-0.25, -0.2) is 0 Å². The van der Waals surface area contributed by atoms with Crippen molar-refractivity contribution in [3.8, 4) is 40.3 Å². The van der Waals surface area contributed by atoms with E-state index in [1.54, 1.807) is 0 Å². The average molecular weight is 700 g/mol. The standard InChI is InChI=1S/C50H29N5/c51-30-32-20-26-47(55-46-18-8-4-14-40(46)50-34(31-52)10-9-19-49(50)55)41(28-32)33-21-23-35(24-22-33)53-45-17-7-3-13-39(45)42-29-36(25-27-48(42)53)54-43-15-5-1-11-37(43)38-12-2-6-16-44(38)54/h1-29H. The Morgan fingerprint density at radius 3 is 1.53 bits per heavy atom. The molecule has 3 heterocycles. The van der Waals surface area contributed by atoms with E-state index >= 15 is 0 Å². The maximum absolute atomic E-state index is 10.0. The van der Waals surface area contributed by atoms with Gasteiger partial charge in [-0.3, -0.25) is 0 Å². The number of nitrogens with zero attached hydrogens (tertiary/aromatic N) is 5. The smallest absolute Gasteiger partial charge is 0.0998 e. The van der Waals surface area contributed by atoms with E-state index in [9.17, 15) is 10.5 Å². The van der Waals surface area contributed by atoms with Crippen LogP contribution in [0.1, 0.15) is 11.1 Å². The van der Waals surface area contributed by atoms with E-state index in [0.29, 0.717) is 11.1 Å². The Labute approximate surface area is 316 Å².